The molecule has 0 spiro atoms. The first kappa shape index (κ1) is 16.5. The molecule has 1 atom stereocenters. The highest BCUT2D eigenvalue weighted by Gasteiger charge is 2.14. The lowest BCUT2D eigenvalue weighted by molar-refractivity contribution is -0.130. The highest BCUT2D eigenvalue weighted by atomic mass is 16.5. The van der Waals surface area contributed by atoms with Crippen molar-refractivity contribution in [3.63, 3.8) is 0 Å². The number of hydrogen-bond acceptors (Lipinski definition) is 3. The zero-order valence-electron chi connectivity index (χ0n) is 13.0. The van der Waals surface area contributed by atoms with Crippen LogP contribution in [0, 0.1) is 0 Å². The van der Waals surface area contributed by atoms with Crippen LogP contribution < -0.4 is 10.1 Å². The molecule has 0 heterocycles. The molecular formula is C16H26N2O2. The summed E-state index contributed by atoms with van der Waals surface area (Å²) in [6.07, 6.45) is 0.515. The molecule has 1 rings (SSSR count). The first-order valence-corrected chi connectivity index (χ1v) is 7.26. The molecule has 0 fully saturated rings. The van der Waals surface area contributed by atoms with E-state index in [1.165, 1.54) is 0 Å². The van der Waals surface area contributed by atoms with Gasteiger partial charge in [0.2, 0.25) is 5.91 Å². The summed E-state index contributed by atoms with van der Waals surface area (Å²) in [6, 6.07) is 8.07. The van der Waals surface area contributed by atoms with Crippen molar-refractivity contribution in [1.29, 1.82) is 0 Å². The third-order valence-electron chi connectivity index (χ3n) is 3.14. The molecule has 1 unspecified atom stereocenters. The molecule has 0 aromatic heterocycles. The number of para-hydroxylation sites is 1. The molecule has 20 heavy (non-hydrogen) atoms. The second-order valence-electron chi connectivity index (χ2n) is 4.95. The van der Waals surface area contributed by atoms with Crippen molar-refractivity contribution >= 4 is 5.91 Å². The van der Waals surface area contributed by atoms with Crippen molar-refractivity contribution in [2.45, 2.75) is 39.8 Å². The van der Waals surface area contributed by atoms with Gasteiger partial charge in [0.15, 0.2) is 0 Å². The van der Waals surface area contributed by atoms with Gasteiger partial charge in [0.05, 0.1) is 6.61 Å². The molecule has 0 bridgehead atoms. The maximum absolute atomic E-state index is 12.1. The SMILES string of the molecule is CCNC(C)CC(=O)N(C)Cc1ccccc1OCC. The van der Waals surface area contributed by atoms with E-state index in [1.54, 1.807) is 4.90 Å². The van der Waals surface area contributed by atoms with E-state index in [0.29, 0.717) is 19.6 Å². The van der Waals surface area contributed by atoms with Crippen LogP contribution >= 0.6 is 0 Å². The van der Waals surface area contributed by atoms with Crippen LogP contribution in [0.25, 0.3) is 0 Å². The van der Waals surface area contributed by atoms with Gasteiger partial charge in [-0.25, -0.2) is 0 Å². The second-order valence-corrected chi connectivity index (χ2v) is 4.95. The number of ether oxygens (including phenoxy) is 1. The van der Waals surface area contributed by atoms with Gasteiger partial charge in [-0.3, -0.25) is 4.79 Å². The summed E-state index contributed by atoms with van der Waals surface area (Å²) in [6.45, 7) is 8.13. The van der Waals surface area contributed by atoms with Crippen molar-refractivity contribution in [2.24, 2.45) is 0 Å². The highest BCUT2D eigenvalue weighted by molar-refractivity contribution is 5.76. The standard InChI is InChI=1S/C16H26N2O2/c1-5-17-13(3)11-16(19)18(4)12-14-9-7-8-10-15(14)20-6-2/h7-10,13,17H,5-6,11-12H2,1-4H3. The Morgan fingerprint density at radius 3 is 2.70 bits per heavy atom. The van der Waals surface area contributed by atoms with E-state index in [1.807, 2.05) is 52.1 Å². The van der Waals surface area contributed by atoms with Crippen molar-refractivity contribution in [1.82, 2.24) is 10.2 Å². The summed E-state index contributed by atoms with van der Waals surface area (Å²) in [5.74, 6) is 0.999. The van der Waals surface area contributed by atoms with Crippen molar-refractivity contribution in [3.8, 4) is 5.75 Å². The Bertz CT molecular complexity index is 421. The Kier molecular flexibility index (Phi) is 7.09. The molecule has 1 amide bonds. The lowest BCUT2D eigenvalue weighted by atomic mass is 10.1. The van der Waals surface area contributed by atoms with E-state index in [0.717, 1.165) is 17.9 Å². The van der Waals surface area contributed by atoms with Crippen LogP contribution in [0.3, 0.4) is 0 Å². The van der Waals surface area contributed by atoms with Crippen LogP contribution in [0.5, 0.6) is 5.75 Å². The van der Waals surface area contributed by atoms with Crippen molar-refractivity contribution < 1.29 is 9.53 Å². The Morgan fingerprint density at radius 1 is 1.35 bits per heavy atom. The quantitative estimate of drug-likeness (QED) is 0.794. The lowest BCUT2D eigenvalue weighted by Crippen LogP contribution is -2.34. The Balaban J connectivity index is 2.61. The molecule has 0 saturated carbocycles. The maximum atomic E-state index is 12.1. The molecule has 1 aromatic carbocycles. The van der Waals surface area contributed by atoms with Crippen molar-refractivity contribution in [3.05, 3.63) is 29.8 Å². The predicted molar refractivity (Wildman–Crippen MR) is 81.8 cm³/mol. The third-order valence-corrected chi connectivity index (χ3v) is 3.14. The number of amides is 1. The number of hydrogen-bond donors (Lipinski definition) is 1. The molecule has 112 valence electrons. The molecule has 1 aromatic rings. The van der Waals surface area contributed by atoms with E-state index in [2.05, 4.69) is 5.32 Å². The van der Waals surface area contributed by atoms with Gasteiger partial charge in [-0.15, -0.1) is 0 Å². The zero-order chi connectivity index (χ0) is 15.0. The average molecular weight is 278 g/mol. The smallest absolute Gasteiger partial charge is 0.224 e. The van der Waals surface area contributed by atoms with Gasteiger partial charge in [0.25, 0.3) is 0 Å². The van der Waals surface area contributed by atoms with E-state index >= 15 is 0 Å². The van der Waals surface area contributed by atoms with E-state index in [-0.39, 0.29) is 11.9 Å². The lowest BCUT2D eigenvalue weighted by Gasteiger charge is -2.21. The number of rotatable bonds is 8. The molecular weight excluding hydrogens is 252 g/mol. The largest absolute Gasteiger partial charge is 0.494 e. The topological polar surface area (TPSA) is 41.6 Å². The van der Waals surface area contributed by atoms with Crippen LogP contribution in [0.1, 0.15) is 32.8 Å². The van der Waals surface area contributed by atoms with Crippen LogP contribution in [-0.4, -0.2) is 37.0 Å². The first-order chi connectivity index (χ1) is 9.58. The fourth-order valence-corrected chi connectivity index (χ4v) is 2.11. The number of benzene rings is 1. The number of nitrogens with one attached hydrogen (secondary N) is 1. The fourth-order valence-electron chi connectivity index (χ4n) is 2.11. The van der Waals surface area contributed by atoms with Gasteiger partial charge in [-0.2, -0.15) is 0 Å². The van der Waals surface area contributed by atoms with Crippen LogP contribution in [0.2, 0.25) is 0 Å². The summed E-state index contributed by atoms with van der Waals surface area (Å²) in [4.78, 5) is 13.9. The minimum Gasteiger partial charge on any atom is -0.494 e. The van der Waals surface area contributed by atoms with E-state index < -0.39 is 0 Å². The van der Waals surface area contributed by atoms with E-state index in [4.69, 9.17) is 4.74 Å². The van der Waals surface area contributed by atoms with E-state index in [9.17, 15) is 4.79 Å². The van der Waals surface area contributed by atoms with Gasteiger partial charge in [-0.1, -0.05) is 25.1 Å². The number of carbonyl (C=O) groups excluding carboxylic acids is 1. The Labute approximate surface area is 122 Å². The number of carbonyl (C=O) groups is 1. The summed E-state index contributed by atoms with van der Waals surface area (Å²) < 4.78 is 5.59. The fraction of sp³-hybridized carbons (Fsp3) is 0.562. The molecule has 0 saturated heterocycles. The summed E-state index contributed by atoms with van der Waals surface area (Å²) in [5.41, 5.74) is 1.04. The molecule has 0 aliphatic carbocycles. The molecule has 4 nitrogen and oxygen atoms in total. The normalized spacial score (nSPS) is 12.0. The maximum Gasteiger partial charge on any atom is 0.224 e. The predicted octanol–water partition coefficient (Wildman–Crippen LogP) is 2.43. The van der Waals surface area contributed by atoms with Crippen LogP contribution in [0.4, 0.5) is 0 Å². The molecule has 1 N–H and O–H groups in total. The molecule has 0 radical (unpaired) electrons. The summed E-state index contributed by atoms with van der Waals surface area (Å²) in [7, 11) is 1.84. The first-order valence-electron chi connectivity index (χ1n) is 7.26. The Hall–Kier alpha value is -1.55. The average Bonchev–Trinajstić information content (AvgIpc) is 2.41. The van der Waals surface area contributed by atoms with Crippen LogP contribution in [-0.2, 0) is 11.3 Å². The third kappa shape index (κ3) is 5.21. The summed E-state index contributed by atoms with van der Waals surface area (Å²) >= 11 is 0. The molecule has 4 heteroatoms. The zero-order valence-corrected chi connectivity index (χ0v) is 13.0. The molecule has 0 aliphatic rings. The second kappa shape index (κ2) is 8.59. The summed E-state index contributed by atoms with van der Waals surface area (Å²) in [5, 5.41) is 3.25. The van der Waals surface area contributed by atoms with Gasteiger partial charge >= 0.3 is 0 Å². The number of nitrogens with zero attached hydrogens (tertiary/aromatic N) is 1. The minimum absolute atomic E-state index is 0.143. The van der Waals surface area contributed by atoms with Gasteiger partial charge in [-0.05, 0) is 26.5 Å². The minimum atomic E-state index is 0.143. The van der Waals surface area contributed by atoms with Gasteiger partial charge in [0, 0.05) is 31.6 Å². The molecule has 0 aliphatic heterocycles. The Morgan fingerprint density at radius 2 is 2.05 bits per heavy atom. The van der Waals surface area contributed by atoms with Crippen molar-refractivity contribution in [2.75, 3.05) is 20.2 Å². The monoisotopic (exact) mass is 278 g/mol. The highest BCUT2D eigenvalue weighted by Crippen LogP contribution is 2.19. The van der Waals surface area contributed by atoms with Crippen LogP contribution in [0.15, 0.2) is 24.3 Å². The van der Waals surface area contributed by atoms with Gasteiger partial charge in [0.1, 0.15) is 5.75 Å². The van der Waals surface area contributed by atoms with Gasteiger partial charge < -0.3 is 15.0 Å².